The molecule has 1 aliphatic rings. The molecule has 0 aromatic carbocycles. The second-order valence-electron chi connectivity index (χ2n) is 9.59. The zero-order chi connectivity index (χ0) is 19.6. The molecule has 0 aromatic heterocycles. The fourth-order valence-corrected chi connectivity index (χ4v) is 4.43. The topological polar surface area (TPSA) is 9.23 Å². The van der Waals surface area contributed by atoms with Gasteiger partial charge in [0.1, 0.15) is 0 Å². The molecular formula is C25H46O. The lowest BCUT2D eigenvalue weighted by Gasteiger charge is -2.35. The average Bonchev–Trinajstić information content (AvgIpc) is 2.58. The van der Waals surface area contributed by atoms with E-state index in [2.05, 4.69) is 66.7 Å². The fraction of sp³-hybridized carbons (Fsp3) is 0.840. The zero-order valence-corrected chi connectivity index (χ0v) is 18.8. The highest BCUT2D eigenvalue weighted by Gasteiger charge is 2.28. The summed E-state index contributed by atoms with van der Waals surface area (Å²) in [5, 5.41) is 0. The van der Waals surface area contributed by atoms with Gasteiger partial charge in [0.25, 0.3) is 0 Å². The maximum Gasteiger partial charge on any atom is 0.0814 e. The van der Waals surface area contributed by atoms with Gasteiger partial charge in [-0.25, -0.2) is 0 Å². The van der Waals surface area contributed by atoms with E-state index in [0.29, 0.717) is 29.5 Å². The Labute approximate surface area is 164 Å². The van der Waals surface area contributed by atoms with Crippen LogP contribution in [0.1, 0.15) is 106 Å². The lowest BCUT2D eigenvalue weighted by molar-refractivity contribution is -0.0603. The Morgan fingerprint density at radius 3 is 2.54 bits per heavy atom. The van der Waals surface area contributed by atoms with Crippen molar-refractivity contribution in [3.8, 4) is 0 Å². The molecule has 0 spiro atoms. The normalized spacial score (nSPS) is 26.4. The third kappa shape index (κ3) is 8.89. The van der Waals surface area contributed by atoms with E-state index in [1.807, 2.05) is 0 Å². The van der Waals surface area contributed by atoms with Crippen LogP contribution >= 0.6 is 0 Å². The molecule has 1 heterocycles. The Morgan fingerprint density at radius 2 is 1.88 bits per heavy atom. The van der Waals surface area contributed by atoms with Gasteiger partial charge >= 0.3 is 0 Å². The first-order valence-corrected chi connectivity index (χ1v) is 11.3. The van der Waals surface area contributed by atoms with Crippen LogP contribution < -0.4 is 0 Å². The molecule has 4 atom stereocenters. The SMILES string of the molecule is CCCCCCC(C)(C)C[C@H](C)/C=C/C=C(\C)[C@H]1O[C@@H](CC)CC[C@@H]1C. The van der Waals surface area contributed by atoms with E-state index >= 15 is 0 Å². The van der Waals surface area contributed by atoms with Crippen LogP contribution in [0.15, 0.2) is 23.8 Å². The van der Waals surface area contributed by atoms with E-state index in [1.165, 1.54) is 56.9 Å². The molecule has 0 aliphatic carbocycles. The van der Waals surface area contributed by atoms with E-state index in [4.69, 9.17) is 4.74 Å². The Balaban J connectivity index is 2.48. The van der Waals surface area contributed by atoms with Gasteiger partial charge in [-0.15, -0.1) is 0 Å². The van der Waals surface area contributed by atoms with Crippen LogP contribution in [0.5, 0.6) is 0 Å². The second kappa shape index (κ2) is 12.0. The minimum atomic E-state index is 0.309. The van der Waals surface area contributed by atoms with Crippen LogP contribution in [0.2, 0.25) is 0 Å². The molecule has 1 aliphatic heterocycles. The van der Waals surface area contributed by atoms with Gasteiger partial charge in [0.05, 0.1) is 12.2 Å². The summed E-state index contributed by atoms with van der Waals surface area (Å²) in [6, 6.07) is 0. The summed E-state index contributed by atoms with van der Waals surface area (Å²) >= 11 is 0. The first kappa shape index (κ1) is 23.5. The van der Waals surface area contributed by atoms with E-state index in [-0.39, 0.29) is 0 Å². The molecule has 1 nitrogen and oxygen atoms in total. The molecule has 0 unspecified atom stereocenters. The predicted molar refractivity (Wildman–Crippen MR) is 117 cm³/mol. The second-order valence-corrected chi connectivity index (χ2v) is 9.59. The fourth-order valence-electron chi connectivity index (χ4n) is 4.43. The molecule has 0 N–H and O–H groups in total. The Morgan fingerprint density at radius 1 is 1.15 bits per heavy atom. The van der Waals surface area contributed by atoms with Gasteiger partial charge in [0.15, 0.2) is 0 Å². The van der Waals surface area contributed by atoms with Crippen molar-refractivity contribution in [2.24, 2.45) is 17.3 Å². The number of unbranched alkanes of at least 4 members (excludes halogenated alkanes) is 3. The smallest absolute Gasteiger partial charge is 0.0814 e. The molecule has 0 bridgehead atoms. The van der Waals surface area contributed by atoms with Crippen LogP contribution in [0.3, 0.4) is 0 Å². The molecule has 0 radical (unpaired) electrons. The van der Waals surface area contributed by atoms with Crippen LogP contribution in [-0.2, 0) is 4.74 Å². The van der Waals surface area contributed by atoms with Crippen molar-refractivity contribution in [1.82, 2.24) is 0 Å². The van der Waals surface area contributed by atoms with Crippen molar-refractivity contribution >= 4 is 0 Å². The Kier molecular flexibility index (Phi) is 10.8. The average molecular weight is 363 g/mol. The summed E-state index contributed by atoms with van der Waals surface area (Å²) in [6.45, 7) is 16.3. The number of ether oxygens (including phenoxy) is 1. The van der Waals surface area contributed by atoms with E-state index in [9.17, 15) is 0 Å². The van der Waals surface area contributed by atoms with Gasteiger partial charge in [-0.2, -0.15) is 0 Å². The minimum absolute atomic E-state index is 0.309. The quantitative estimate of drug-likeness (QED) is 0.266. The Hall–Kier alpha value is -0.560. The maximum absolute atomic E-state index is 6.31. The highest BCUT2D eigenvalue weighted by atomic mass is 16.5. The number of allylic oxidation sites excluding steroid dienone is 3. The summed E-state index contributed by atoms with van der Waals surface area (Å²) in [5.74, 6) is 1.27. The molecule has 1 rings (SSSR count). The van der Waals surface area contributed by atoms with E-state index in [0.717, 1.165) is 6.42 Å². The molecule has 26 heavy (non-hydrogen) atoms. The van der Waals surface area contributed by atoms with Gasteiger partial charge in [0.2, 0.25) is 0 Å². The van der Waals surface area contributed by atoms with Gasteiger partial charge in [-0.3, -0.25) is 0 Å². The third-order valence-electron chi connectivity index (χ3n) is 6.08. The molecule has 1 saturated heterocycles. The van der Waals surface area contributed by atoms with Gasteiger partial charge < -0.3 is 4.74 Å². The molecular weight excluding hydrogens is 316 g/mol. The number of hydrogen-bond acceptors (Lipinski definition) is 1. The van der Waals surface area contributed by atoms with E-state index < -0.39 is 0 Å². The highest BCUT2D eigenvalue weighted by molar-refractivity contribution is 5.16. The third-order valence-corrected chi connectivity index (χ3v) is 6.08. The Bertz CT molecular complexity index is 431. The predicted octanol–water partition coefficient (Wildman–Crippen LogP) is 8.11. The van der Waals surface area contributed by atoms with Crippen molar-refractivity contribution < 1.29 is 4.74 Å². The molecule has 0 saturated carbocycles. The number of rotatable bonds is 11. The largest absolute Gasteiger partial charge is 0.370 e. The van der Waals surface area contributed by atoms with E-state index in [1.54, 1.807) is 0 Å². The van der Waals surface area contributed by atoms with Crippen molar-refractivity contribution in [3.05, 3.63) is 23.8 Å². The summed E-state index contributed by atoms with van der Waals surface area (Å²) in [5.41, 5.74) is 1.84. The summed E-state index contributed by atoms with van der Waals surface area (Å²) < 4.78 is 6.31. The maximum atomic E-state index is 6.31. The first-order chi connectivity index (χ1) is 12.3. The summed E-state index contributed by atoms with van der Waals surface area (Å²) in [7, 11) is 0. The molecule has 1 fully saturated rings. The summed E-state index contributed by atoms with van der Waals surface area (Å²) in [6.07, 6.45) is 19.5. The molecule has 152 valence electrons. The molecule has 0 aromatic rings. The minimum Gasteiger partial charge on any atom is -0.370 e. The van der Waals surface area contributed by atoms with Crippen LogP contribution in [0, 0.1) is 17.3 Å². The van der Waals surface area contributed by atoms with Crippen LogP contribution in [0.25, 0.3) is 0 Å². The highest BCUT2D eigenvalue weighted by Crippen LogP contribution is 2.33. The summed E-state index contributed by atoms with van der Waals surface area (Å²) in [4.78, 5) is 0. The van der Waals surface area contributed by atoms with Gasteiger partial charge in [0, 0.05) is 0 Å². The lowest BCUT2D eigenvalue weighted by Crippen LogP contribution is -2.34. The molecule has 0 amide bonds. The number of hydrogen-bond donors (Lipinski definition) is 0. The van der Waals surface area contributed by atoms with Crippen LogP contribution in [-0.4, -0.2) is 12.2 Å². The van der Waals surface area contributed by atoms with Crippen molar-refractivity contribution in [2.45, 2.75) is 118 Å². The van der Waals surface area contributed by atoms with Crippen molar-refractivity contribution in [1.29, 1.82) is 0 Å². The van der Waals surface area contributed by atoms with Gasteiger partial charge in [-0.1, -0.05) is 85.5 Å². The van der Waals surface area contributed by atoms with Crippen molar-refractivity contribution in [2.75, 3.05) is 0 Å². The first-order valence-electron chi connectivity index (χ1n) is 11.3. The van der Waals surface area contributed by atoms with Gasteiger partial charge in [-0.05, 0) is 61.9 Å². The standard InChI is InChI=1S/C25H46O/c1-8-10-11-12-18-25(6,7)19-20(3)14-13-15-21(4)24-22(5)16-17-23(9-2)26-24/h13-15,20,22-24H,8-12,16-19H2,1-7H3/b14-13+,21-15+/t20-,22+,23+,24-/m1/s1. The lowest BCUT2D eigenvalue weighted by atomic mass is 9.79. The molecule has 1 heteroatoms. The van der Waals surface area contributed by atoms with Crippen molar-refractivity contribution in [3.63, 3.8) is 0 Å². The zero-order valence-electron chi connectivity index (χ0n) is 18.8. The van der Waals surface area contributed by atoms with Crippen LogP contribution in [0.4, 0.5) is 0 Å². The monoisotopic (exact) mass is 362 g/mol.